The van der Waals surface area contributed by atoms with Crippen LogP contribution in [0, 0.1) is 0 Å². The Kier molecular flexibility index (Phi) is 4.60. The fourth-order valence-corrected chi connectivity index (χ4v) is 2.55. The minimum absolute atomic E-state index is 0.00942. The number of aliphatic hydroxyl groups is 2. The van der Waals surface area contributed by atoms with Crippen LogP contribution in [0.25, 0.3) is 0 Å². The maximum atomic E-state index is 10.0. The van der Waals surface area contributed by atoms with Crippen molar-refractivity contribution < 1.29 is 10.2 Å². The average Bonchev–Trinajstić information content (AvgIpc) is 2.77. The average molecular weight is 270 g/mol. The van der Waals surface area contributed by atoms with Crippen LogP contribution < -0.4 is 0 Å². The molecule has 0 radical (unpaired) electrons. The van der Waals surface area contributed by atoms with Gasteiger partial charge in [-0.15, -0.1) is 5.10 Å². The summed E-state index contributed by atoms with van der Waals surface area (Å²) in [5, 5.41) is 30.7. The van der Waals surface area contributed by atoms with E-state index in [1.165, 1.54) is 0 Å². The predicted molar refractivity (Wildman–Crippen MR) is 69.5 cm³/mol. The van der Waals surface area contributed by atoms with E-state index in [1.807, 2.05) is 0 Å². The molecule has 2 unspecified atom stereocenters. The topological polar surface area (TPSA) is 84.1 Å². The van der Waals surface area contributed by atoms with E-state index in [9.17, 15) is 5.11 Å². The van der Waals surface area contributed by atoms with Crippen molar-refractivity contribution in [2.24, 2.45) is 0 Å². The highest BCUT2D eigenvalue weighted by Gasteiger charge is 2.27. The Bertz CT molecular complexity index is 410. The summed E-state index contributed by atoms with van der Waals surface area (Å²) in [4.78, 5) is 0. The molecule has 2 N–H and O–H groups in total. The first-order valence-corrected chi connectivity index (χ1v) is 6.76. The van der Waals surface area contributed by atoms with Crippen LogP contribution in [-0.4, -0.2) is 41.6 Å². The minimum Gasteiger partial charge on any atom is -0.502 e. The number of aromatic nitrogens is 4. The van der Waals surface area contributed by atoms with E-state index in [0.717, 1.165) is 37.9 Å². The molecule has 18 heavy (non-hydrogen) atoms. The SMILES string of the molecule is OC(=S)CCCc1nnnn1C1CCCCC1O. The van der Waals surface area contributed by atoms with Crippen molar-refractivity contribution in [3.05, 3.63) is 5.82 Å². The molecule has 0 bridgehead atoms. The maximum absolute atomic E-state index is 10.0. The summed E-state index contributed by atoms with van der Waals surface area (Å²) in [5.74, 6) is 0.761. The van der Waals surface area contributed by atoms with Crippen molar-refractivity contribution in [1.82, 2.24) is 20.2 Å². The van der Waals surface area contributed by atoms with Gasteiger partial charge in [0.15, 0.2) is 10.9 Å². The first kappa shape index (κ1) is 13.4. The van der Waals surface area contributed by atoms with Gasteiger partial charge < -0.3 is 10.2 Å². The first-order chi connectivity index (χ1) is 8.68. The molecule has 0 amide bonds. The second-order valence-electron chi connectivity index (χ2n) is 4.71. The van der Waals surface area contributed by atoms with Gasteiger partial charge in [0.25, 0.3) is 0 Å². The number of hydrogen-bond donors (Lipinski definition) is 2. The van der Waals surface area contributed by atoms with Gasteiger partial charge in [0.1, 0.15) is 0 Å². The number of thiocarbonyl (C=S) groups is 1. The molecule has 0 saturated heterocycles. The first-order valence-electron chi connectivity index (χ1n) is 6.35. The molecule has 1 fully saturated rings. The Morgan fingerprint density at radius 2 is 2.17 bits per heavy atom. The molecule has 1 saturated carbocycles. The molecule has 1 aromatic heterocycles. The van der Waals surface area contributed by atoms with E-state index < -0.39 is 0 Å². The third kappa shape index (κ3) is 3.23. The van der Waals surface area contributed by atoms with Gasteiger partial charge in [-0.05, 0) is 41.9 Å². The highest BCUT2D eigenvalue weighted by molar-refractivity contribution is 7.80. The molecular weight excluding hydrogens is 252 g/mol. The number of hydrogen-bond acceptors (Lipinski definition) is 5. The van der Waals surface area contributed by atoms with Crippen molar-refractivity contribution in [2.75, 3.05) is 0 Å². The normalized spacial score (nSPS) is 24.1. The Hall–Kier alpha value is -1.08. The molecule has 2 atom stereocenters. The number of nitrogens with zero attached hydrogens (tertiary/aromatic N) is 4. The third-order valence-electron chi connectivity index (χ3n) is 3.36. The third-order valence-corrected chi connectivity index (χ3v) is 3.56. The molecule has 0 aromatic carbocycles. The van der Waals surface area contributed by atoms with E-state index in [0.29, 0.717) is 12.8 Å². The number of rotatable bonds is 5. The Morgan fingerprint density at radius 3 is 2.89 bits per heavy atom. The Morgan fingerprint density at radius 1 is 1.39 bits per heavy atom. The smallest absolute Gasteiger partial charge is 0.156 e. The van der Waals surface area contributed by atoms with Crippen LogP contribution in [0.3, 0.4) is 0 Å². The molecule has 1 aliphatic rings. The summed E-state index contributed by atoms with van der Waals surface area (Å²) < 4.78 is 1.74. The Labute approximate surface area is 111 Å². The zero-order valence-electron chi connectivity index (χ0n) is 10.2. The van der Waals surface area contributed by atoms with Gasteiger partial charge in [-0.2, -0.15) is 0 Å². The van der Waals surface area contributed by atoms with E-state index in [4.69, 9.17) is 5.11 Å². The van der Waals surface area contributed by atoms with E-state index in [-0.39, 0.29) is 17.2 Å². The highest BCUT2D eigenvalue weighted by atomic mass is 32.1. The van der Waals surface area contributed by atoms with E-state index in [1.54, 1.807) is 4.68 Å². The van der Waals surface area contributed by atoms with Gasteiger partial charge in [-0.1, -0.05) is 12.8 Å². The van der Waals surface area contributed by atoms with Crippen LogP contribution in [0.4, 0.5) is 0 Å². The van der Waals surface area contributed by atoms with E-state index >= 15 is 0 Å². The molecule has 100 valence electrons. The Balaban J connectivity index is 2.00. The fraction of sp³-hybridized carbons (Fsp3) is 0.818. The van der Waals surface area contributed by atoms with Gasteiger partial charge >= 0.3 is 0 Å². The molecule has 6 nitrogen and oxygen atoms in total. The quantitative estimate of drug-likeness (QED) is 0.786. The molecule has 1 aliphatic carbocycles. The largest absolute Gasteiger partial charge is 0.502 e. The van der Waals surface area contributed by atoms with Gasteiger partial charge in [-0.3, -0.25) is 0 Å². The number of aryl methyl sites for hydroxylation is 1. The summed E-state index contributed by atoms with van der Waals surface area (Å²) in [5.41, 5.74) is 0. The lowest BCUT2D eigenvalue weighted by atomic mass is 9.92. The van der Waals surface area contributed by atoms with Crippen molar-refractivity contribution >= 4 is 17.3 Å². The van der Waals surface area contributed by atoms with Gasteiger partial charge in [-0.25, -0.2) is 4.68 Å². The summed E-state index contributed by atoms with van der Waals surface area (Å²) in [7, 11) is 0. The predicted octanol–water partition coefficient (Wildman–Crippen LogP) is 1.36. The second kappa shape index (κ2) is 6.19. The lowest BCUT2D eigenvalue weighted by Crippen LogP contribution is -2.29. The second-order valence-corrected chi connectivity index (χ2v) is 5.18. The fourth-order valence-electron chi connectivity index (χ4n) is 2.41. The van der Waals surface area contributed by atoms with Crippen molar-refractivity contribution in [2.45, 2.75) is 57.1 Å². The molecule has 7 heteroatoms. The maximum Gasteiger partial charge on any atom is 0.156 e. The summed E-state index contributed by atoms with van der Waals surface area (Å²) in [6.45, 7) is 0. The van der Waals surface area contributed by atoms with Crippen LogP contribution >= 0.6 is 12.2 Å². The van der Waals surface area contributed by atoms with Gasteiger partial charge in [0.2, 0.25) is 0 Å². The van der Waals surface area contributed by atoms with Gasteiger partial charge in [0.05, 0.1) is 12.1 Å². The van der Waals surface area contributed by atoms with Crippen LogP contribution in [0.1, 0.15) is 50.4 Å². The summed E-state index contributed by atoms with van der Waals surface area (Å²) in [6, 6.07) is -0.00942. The number of tetrazole rings is 1. The zero-order chi connectivity index (χ0) is 13.0. The highest BCUT2D eigenvalue weighted by Crippen LogP contribution is 2.28. The molecule has 1 aromatic rings. The van der Waals surface area contributed by atoms with Crippen LogP contribution in [0.2, 0.25) is 0 Å². The summed E-state index contributed by atoms with van der Waals surface area (Å²) >= 11 is 4.62. The summed E-state index contributed by atoms with van der Waals surface area (Å²) in [6.07, 6.45) is 5.39. The molecule has 1 heterocycles. The zero-order valence-corrected chi connectivity index (χ0v) is 11.0. The van der Waals surface area contributed by atoms with Crippen molar-refractivity contribution in [3.63, 3.8) is 0 Å². The lowest BCUT2D eigenvalue weighted by Gasteiger charge is -2.27. The lowest BCUT2D eigenvalue weighted by molar-refractivity contribution is 0.0668. The standard InChI is InChI=1S/C11H18N4O2S/c16-9-5-2-1-4-8(9)15-10(12-13-14-15)6-3-7-11(17)18/h8-9,16H,1-7H2,(H,17,18). The molecule has 0 spiro atoms. The van der Waals surface area contributed by atoms with Gasteiger partial charge in [0, 0.05) is 12.8 Å². The van der Waals surface area contributed by atoms with Crippen LogP contribution in [0.5, 0.6) is 0 Å². The van der Waals surface area contributed by atoms with Crippen LogP contribution in [-0.2, 0) is 6.42 Å². The molecule has 2 rings (SSSR count). The van der Waals surface area contributed by atoms with E-state index in [2.05, 4.69) is 27.7 Å². The number of aliphatic hydroxyl groups excluding tert-OH is 2. The molecule has 0 aliphatic heterocycles. The van der Waals surface area contributed by atoms with Crippen molar-refractivity contribution in [1.29, 1.82) is 0 Å². The van der Waals surface area contributed by atoms with Crippen LogP contribution in [0.15, 0.2) is 0 Å². The minimum atomic E-state index is -0.361. The monoisotopic (exact) mass is 270 g/mol. The molecular formula is C11H18N4O2S. The van der Waals surface area contributed by atoms with Crippen molar-refractivity contribution in [3.8, 4) is 0 Å².